The van der Waals surface area contributed by atoms with E-state index in [4.69, 9.17) is 0 Å². The summed E-state index contributed by atoms with van der Waals surface area (Å²) >= 11 is 1.45. The third-order valence-corrected chi connectivity index (χ3v) is 6.46. The van der Waals surface area contributed by atoms with E-state index in [0.29, 0.717) is 11.7 Å². The minimum absolute atomic E-state index is 0.0343. The first-order chi connectivity index (χ1) is 15.0. The van der Waals surface area contributed by atoms with Crippen LogP contribution in [0.15, 0.2) is 47.8 Å². The van der Waals surface area contributed by atoms with E-state index in [0.717, 1.165) is 49.5 Å². The van der Waals surface area contributed by atoms with Gasteiger partial charge in [-0.15, -0.1) is 11.3 Å². The van der Waals surface area contributed by atoms with Crippen molar-refractivity contribution in [2.24, 2.45) is 0 Å². The summed E-state index contributed by atoms with van der Waals surface area (Å²) in [6, 6.07) is 12.9. The fourth-order valence-electron chi connectivity index (χ4n) is 3.68. The first-order valence-corrected chi connectivity index (χ1v) is 11.4. The number of hydrogen-bond donors (Lipinski definition) is 1. The van der Waals surface area contributed by atoms with Crippen LogP contribution in [0, 0.1) is 19.7 Å². The van der Waals surface area contributed by atoms with Gasteiger partial charge in [-0.2, -0.15) is 0 Å². The predicted octanol–water partition coefficient (Wildman–Crippen LogP) is 4.32. The van der Waals surface area contributed by atoms with Gasteiger partial charge in [-0.1, -0.05) is 24.3 Å². The number of carbonyl (C=O) groups excluding carboxylic acids is 1. The van der Waals surface area contributed by atoms with E-state index in [1.165, 1.54) is 34.6 Å². The second-order valence-electron chi connectivity index (χ2n) is 8.06. The fourth-order valence-corrected chi connectivity index (χ4v) is 4.42. The number of rotatable bonds is 6. The second kappa shape index (κ2) is 9.68. The summed E-state index contributed by atoms with van der Waals surface area (Å²) in [5.41, 5.74) is 5.55. The van der Waals surface area contributed by atoms with Gasteiger partial charge in [0.2, 0.25) is 5.91 Å². The maximum atomic E-state index is 13.1. The number of anilines is 1. The smallest absolute Gasteiger partial charge is 0.240 e. The van der Waals surface area contributed by atoms with Crippen LogP contribution in [0.2, 0.25) is 0 Å². The van der Waals surface area contributed by atoms with Crippen LogP contribution in [0.25, 0.3) is 11.3 Å². The summed E-state index contributed by atoms with van der Waals surface area (Å²) in [6.45, 7) is 8.80. The van der Waals surface area contributed by atoms with Gasteiger partial charge in [0.15, 0.2) is 5.13 Å². The molecule has 3 aromatic rings. The Morgan fingerprint density at radius 1 is 1.03 bits per heavy atom. The average Bonchev–Trinajstić information content (AvgIpc) is 3.21. The van der Waals surface area contributed by atoms with Crippen LogP contribution in [0.1, 0.15) is 16.7 Å². The van der Waals surface area contributed by atoms with Crippen LogP contribution < -0.4 is 5.32 Å². The van der Waals surface area contributed by atoms with E-state index in [2.05, 4.69) is 52.1 Å². The summed E-state index contributed by atoms with van der Waals surface area (Å²) < 4.78 is 13.1. The molecule has 0 saturated carbocycles. The Kier molecular flexibility index (Phi) is 6.75. The van der Waals surface area contributed by atoms with Gasteiger partial charge in [-0.25, -0.2) is 9.37 Å². The molecule has 0 spiro atoms. The highest BCUT2D eigenvalue weighted by Crippen LogP contribution is 2.26. The van der Waals surface area contributed by atoms with Crippen LogP contribution in [0.4, 0.5) is 9.52 Å². The number of benzene rings is 2. The Labute approximate surface area is 186 Å². The van der Waals surface area contributed by atoms with Crippen molar-refractivity contribution < 1.29 is 9.18 Å². The molecule has 1 aromatic heterocycles. The molecule has 1 aliphatic rings. The van der Waals surface area contributed by atoms with Crippen LogP contribution >= 0.6 is 11.3 Å². The molecule has 5 nitrogen and oxygen atoms in total. The van der Waals surface area contributed by atoms with E-state index in [-0.39, 0.29) is 11.7 Å². The number of piperazine rings is 1. The van der Waals surface area contributed by atoms with Gasteiger partial charge in [0.1, 0.15) is 5.82 Å². The van der Waals surface area contributed by atoms with Crippen LogP contribution in [-0.2, 0) is 11.3 Å². The Morgan fingerprint density at radius 3 is 2.45 bits per heavy atom. The van der Waals surface area contributed by atoms with E-state index >= 15 is 0 Å². The van der Waals surface area contributed by atoms with E-state index in [1.807, 2.05) is 17.5 Å². The minimum Gasteiger partial charge on any atom is -0.301 e. The standard InChI is InChI=1S/C24H27FN4OS/c1-17-3-6-20(13-18(17)2)22-16-31-24(26-22)27-23(30)15-29-11-9-28(10-12-29)14-19-4-7-21(25)8-5-19/h3-8,13,16H,9-12,14-15H2,1-2H3,(H,26,27,30). The van der Waals surface area contributed by atoms with Crippen molar-refractivity contribution in [3.8, 4) is 11.3 Å². The molecule has 2 heterocycles. The van der Waals surface area contributed by atoms with Gasteiger partial charge < -0.3 is 5.32 Å². The molecular formula is C24H27FN4OS. The molecule has 0 radical (unpaired) electrons. The minimum atomic E-state index is -0.207. The zero-order chi connectivity index (χ0) is 21.8. The fraction of sp³-hybridized carbons (Fsp3) is 0.333. The Hall–Kier alpha value is -2.61. The lowest BCUT2D eigenvalue weighted by atomic mass is 10.1. The quantitative estimate of drug-likeness (QED) is 0.623. The number of nitrogens with zero attached hydrogens (tertiary/aromatic N) is 3. The molecule has 1 aliphatic heterocycles. The zero-order valence-corrected chi connectivity index (χ0v) is 18.7. The van der Waals surface area contributed by atoms with Crippen LogP contribution in [-0.4, -0.2) is 53.4 Å². The maximum absolute atomic E-state index is 13.1. The Bertz CT molecular complexity index is 1040. The van der Waals surface area contributed by atoms with Gasteiger partial charge >= 0.3 is 0 Å². The highest BCUT2D eigenvalue weighted by atomic mass is 32.1. The van der Waals surface area contributed by atoms with Crippen molar-refractivity contribution in [3.05, 3.63) is 70.4 Å². The number of carbonyl (C=O) groups is 1. The molecule has 162 valence electrons. The molecule has 2 aromatic carbocycles. The normalized spacial score (nSPS) is 15.2. The van der Waals surface area contributed by atoms with E-state index in [1.54, 1.807) is 0 Å². The molecule has 1 saturated heterocycles. The van der Waals surface area contributed by atoms with Crippen molar-refractivity contribution >= 4 is 22.4 Å². The summed E-state index contributed by atoms with van der Waals surface area (Å²) in [5.74, 6) is -0.242. The van der Waals surface area contributed by atoms with E-state index in [9.17, 15) is 9.18 Å². The average molecular weight is 439 g/mol. The van der Waals surface area contributed by atoms with Crippen molar-refractivity contribution in [3.63, 3.8) is 0 Å². The number of halogens is 1. The summed E-state index contributed by atoms with van der Waals surface area (Å²) in [4.78, 5) is 21.6. The molecule has 7 heteroatoms. The number of hydrogen-bond acceptors (Lipinski definition) is 5. The summed E-state index contributed by atoms with van der Waals surface area (Å²) in [7, 11) is 0. The number of thiazole rings is 1. The molecule has 31 heavy (non-hydrogen) atoms. The topological polar surface area (TPSA) is 48.5 Å². The first kappa shape index (κ1) is 21.6. The zero-order valence-electron chi connectivity index (χ0n) is 17.9. The number of aromatic nitrogens is 1. The SMILES string of the molecule is Cc1ccc(-c2csc(NC(=O)CN3CCN(Cc4ccc(F)cc4)CC3)n2)cc1C. The van der Waals surface area contributed by atoms with Crippen molar-refractivity contribution in [2.45, 2.75) is 20.4 Å². The Balaban J connectivity index is 1.25. The largest absolute Gasteiger partial charge is 0.301 e. The highest BCUT2D eigenvalue weighted by Gasteiger charge is 2.19. The number of nitrogens with one attached hydrogen (secondary N) is 1. The Morgan fingerprint density at radius 2 is 1.74 bits per heavy atom. The first-order valence-electron chi connectivity index (χ1n) is 10.5. The van der Waals surface area contributed by atoms with Gasteiger partial charge in [0.25, 0.3) is 0 Å². The monoisotopic (exact) mass is 438 g/mol. The van der Waals surface area contributed by atoms with Crippen LogP contribution in [0.5, 0.6) is 0 Å². The lowest BCUT2D eigenvalue weighted by molar-refractivity contribution is -0.117. The molecule has 0 unspecified atom stereocenters. The van der Waals surface area contributed by atoms with Crippen LogP contribution in [0.3, 0.4) is 0 Å². The predicted molar refractivity (Wildman–Crippen MR) is 124 cm³/mol. The maximum Gasteiger partial charge on any atom is 0.240 e. The molecule has 0 atom stereocenters. The lowest BCUT2D eigenvalue weighted by Crippen LogP contribution is -2.48. The molecule has 0 aliphatic carbocycles. The summed E-state index contributed by atoms with van der Waals surface area (Å²) in [6.07, 6.45) is 0. The third-order valence-electron chi connectivity index (χ3n) is 5.70. The molecular weight excluding hydrogens is 411 g/mol. The molecule has 4 rings (SSSR count). The lowest BCUT2D eigenvalue weighted by Gasteiger charge is -2.34. The number of aryl methyl sites for hydroxylation is 2. The molecule has 1 fully saturated rings. The molecule has 1 N–H and O–H groups in total. The van der Waals surface area contributed by atoms with Crippen molar-refractivity contribution in [1.29, 1.82) is 0 Å². The molecule has 1 amide bonds. The van der Waals surface area contributed by atoms with Crippen molar-refractivity contribution in [1.82, 2.24) is 14.8 Å². The number of amides is 1. The highest BCUT2D eigenvalue weighted by molar-refractivity contribution is 7.14. The van der Waals surface area contributed by atoms with Gasteiger partial charge in [0, 0.05) is 43.7 Å². The summed E-state index contributed by atoms with van der Waals surface area (Å²) in [5, 5.41) is 5.55. The van der Waals surface area contributed by atoms with Gasteiger partial charge in [-0.3, -0.25) is 14.6 Å². The third kappa shape index (κ3) is 5.76. The van der Waals surface area contributed by atoms with Crippen molar-refractivity contribution in [2.75, 3.05) is 38.0 Å². The molecule has 0 bridgehead atoms. The van der Waals surface area contributed by atoms with Gasteiger partial charge in [-0.05, 0) is 48.7 Å². The second-order valence-corrected chi connectivity index (χ2v) is 8.92. The van der Waals surface area contributed by atoms with Gasteiger partial charge in [0.05, 0.1) is 12.2 Å². The van der Waals surface area contributed by atoms with E-state index < -0.39 is 0 Å².